The van der Waals surface area contributed by atoms with Gasteiger partial charge in [0.2, 0.25) is 5.88 Å². The minimum atomic E-state index is -0.162. The maximum atomic E-state index is 12.5. The van der Waals surface area contributed by atoms with E-state index in [9.17, 15) is 4.79 Å². The van der Waals surface area contributed by atoms with E-state index >= 15 is 0 Å². The van der Waals surface area contributed by atoms with Crippen molar-refractivity contribution in [1.82, 2.24) is 10.3 Å². The molecule has 0 radical (unpaired) electrons. The van der Waals surface area contributed by atoms with Crippen molar-refractivity contribution in [3.05, 3.63) is 52.0 Å². The van der Waals surface area contributed by atoms with Crippen LogP contribution in [0.25, 0.3) is 0 Å². The van der Waals surface area contributed by atoms with Crippen LogP contribution in [0, 0.1) is 5.92 Å². The monoisotopic (exact) mass is 407 g/mol. The summed E-state index contributed by atoms with van der Waals surface area (Å²) in [5.74, 6) is 1.82. The van der Waals surface area contributed by atoms with Gasteiger partial charge in [-0.3, -0.25) is 4.79 Å². The summed E-state index contributed by atoms with van der Waals surface area (Å²) in [5, 5.41) is 7.38. The molecule has 5 nitrogen and oxygen atoms in total. The Morgan fingerprint density at radius 2 is 1.96 bits per heavy atom. The fourth-order valence-electron chi connectivity index (χ4n) is 3.32. The minimum Gasteiger partial charge on any atom is -0.481 e. The maximum Gasteiger partial charge on any atom is 0.253 e. The summed E-state index contributed by atoms with van der Waals surface area (Å²) < 4.78 is 5.14. The Bertz CT molecular complexity index is 793. The van der Waals surface area contributed by atoms with Crippen LogP contribution in [0.5, 0.6) is 5.88 Å². The molecule has 0 atom stereocenters. The summed E-state index contributed by atoms with van der Waals surface area (Å²) in [7, 11) is 1.61. The molecule has 7 heteroatoms. The molecular weight excluding hydrogens is 385 g/mol. The molecule has 2 N–H and O–H groups in total. The molecule has 1 amide bonds. The van der Waals surface area contributed by atoms with Gasteiger partial charge in [0.25, 0.3) is 5.91 Å². The highest BCUT2D eigenvalue weighted by atomic mass is 35.5. The lowest BCUT2D eigenvalue weighted by molar-refractivity contribution is 0.0923. The van der Waals surface area contributed by atoms with Crippen LogP contribution in [0.2, 0.25) is 10.0 Å². The molecule has 0 spiro atoms. The van der Waals surface area contributed by atoms with Gasteiger partial charge in [0.05, 0.1) is 17.7 Å². The third-order valence-corrected chi connectivity index (χ3v) is 5.42. The zero-order chi connectivity index (χ0) is 19.2. The second-order valence-electron chi connectivity index (χ2n) is 6.76. The van der Waals surface area contributed by atoms with Crippen molar-refractivity contribution in [3.8, 4) is 5.88 Å². The molecule has 3 rings (SSSR count). The summed E-state index contributed by atoms with van der Waals surface area (Å²) in [6, 6.07) is 10.8. The predicted octanol–water partition coefficient (Wildman–Crippen LogP) is 4.80. The number of methoxy groups -OCH3 is 1. The molecule has 0 aliphatic heterocycles. The number of hydrogen-bond donors (Lipinski definition) is 2. The van der Waals surface area contributed by atoms with E-state index in [1.165, 1.54) is 0 Å². The predicted molar refractivity (Wildman–Crippen MR) is 109 cm³/mol. The van der Waals surface area contributed by atoms with Gasteiger partial charge in [0, 0.05) is 23.7 Å². The van der Waals surface area contributed by atoms with Crippen molar-refractivity contribution in [1.29, 1.82) is 0 Å². The number of nitrogens with one attached hydrogen (secondary N) is 2. The SMILES string of the molecule is COc1cccc(NC[C@H]2CC[C@H](NC(=O)c3cc(Cl)ccc3Cl)CC2)n1. The first-order chi connectivity index (χ1) is 13.0. The zero-order valence-electron chi connectivity index (χ0n) is 15.2. The number of halogens is 2. The molecule has 1 aliphatic rings. The number of carbonyl (C=O) groups is 1. The Balaban J connectivity index is 1.46. The third kappa shape index (κ3) is 5.50. The highest BCUT2D eigenvalue weighted by Crippen LogP contribution is 2.26. The molecule has 1 aromatic heterocycles. The average molecular weight is 408 g/mol. The molecule has 1 aliphatic carbocycles. The summed E-state index contributed by atoms with van der Waals surface area (Å²) in [4.78, 5) is 16.8. The van der Waals surface area contributed by atoms with Crippen LogP contribution in [0.3, 0.4) is 0 Å². The van der Waals surface area contributed by atoms with Gasteiger partial charge in [-0.1, -0.05) is 29.3 Å². The number of ether oxygens (including phenoxy) is 1. The Kier molecular flexibility index (Phi) is 6.80. The second kappa shape index (κ2) is 9.29. The van der Waals surface area contributed by atoms with Crippen molar-refractivity contribution in [2.24, 2.45) is 5.92 Å². The van der Waals surface area contributed by atoms with E-state index in [1.54, 1.807) is 25.3 Å². The van der Waals surface area contributed by atoms with Crippen LogP contribution in [-0.2, 0) is 0 Å². The van der Waals surface area contributed by atoms with Crippen molar-refractivity contribution < 1.29 is 9.53 Å². The highest BCUT2D eigenvalue weighted by molar-refractivity contribution is 6.35. The normalized spacial score (nSPS) is 19.4. The first kappa shape index (κ1) is 19.8. The van der Waals surface area contributed by atoms with Crippen LogP contribution in [0.15, 0.2) is 36.4 Å². The van der Waals surface area contributed by atoms with E-state index in [0.717, 1.165) is 38.0 Å². The molecule has 0 bridgehead atoms. The van der Waals surface area contributed by atoms with Gasteiger partial charge in [-0.2, -0.15) is 4.98 Å². The largest absolute Gasteiger partial charge is 0.481 e. The average Bonchev–Trinajstić information content (AvgIpc) is 2.69. The van der Waals surface area contributed by atoms with Crippen molar-refractivity contribution in [3.63, 3.8) is 0 Å². The number of nitrogens with zero attached hydrogens (tertiary/aromatic N) is 1. The van der Waals surface area contributed by atoms with E-state index in [4.69, 9.17) is 27.9 Å². The number of benzene rings is 1. The molecule has 1 aromatic carbocycles. The van der Waals surface area contributed by atoms with Crippen LogP contribution < -0.4 is 15.4 Å². The quantitative estimate of drug-likeness (QED) is 0.721. The molecule has 0 saturated heterocycles. The van der Waals surface area contributed by atoms with E-state index in [0.29, 0.717) is 27.4 Å². The number of rotatable bonds is 6. The Hall–Kier alpha value is -1.98. The van der Waals surface area contributed by atoms with Gasteiger partial charge in [-0.05, 0) is 55.9 Å². The first-order valence-corrected chi connectivity index (χ1v) is 9.81. The van der Waals surface area contributed by atoms with Gasteiger partial charge in [-0.25, -0.2) is 0 Å². The third-order valence-electron chi connectivity index (χ3n) is 4.86. The summed E-state index contributed by atoms with van der Waals surface area (Å²) in [6.07, 6.45) is 3.99. The molecule has 2 aromatic rings. The number of amides is 1. The highest BCUT2D eigenvalue weighted by Gasteiger charge is 2.23. The standard InChI is InChI=1S/C20H23Cl2N3O2/c1-27-19-4-2-3-18(25-19)23-12-13-5-8-15(9-6-13)24-20(26)16-11-14(21)7-10-17(16)22/h2-4,7,10-11,13,15H,5-6,8-9,12H2,1H3,(H,23,25)(H,24,26)/t13-,15-. The molecule has 27 heavy (non-hydrogen) atoms. The molecule has 1 heterocycles. The van der Waals surface area contributed by atoms with Gasteiger partial charge < -0.3 is 15.4 Å². The fraction of sp³-hybridized carbons (Fsp3) is 0.400. The van der Waals surface area contributed by atoms with Gasteiger partial charge in [0.1, 0.15) is 5.82 Å². The number of aromatic nitrogens is 1. The summed E-state index contributed by atoms with van der Waals surface area (Å²) in [5.41, 5.74) is 0.428. The topological polar surface area (TPSA) is 63.2 Å². The van der Waals surface area contributed by atoms with Crippen LogP contribution in [-0.4, -0.2) is 30.6 Å². The lowest BCUT2D eigenvalue weighted by Crippen LogP contribution is -2.38. The number of carbonyl (C=O) groups excluding carboxylic acids is 1. The fourth-order valence-corrected chi connectivity index (χ4v) is 3.70. The molecule has 144 valence electrons. The second-order valence-corrected chi connectivity index (χ2v) is 7.61. The maximum absolute atomic E-state index is 12.5. The molecule has 1 saturated carbocycles. The Morgan fingerprint density at radius 3 is 2.70 bits per heavy atom. The van der Waals surface area contributed by atoms with Crippen LogP contribution in [0.4, 0.5) is 5.82 Å². The number of anilines is 1. The van der Waals surface area contributed by atoms with Crippen LogP contribution >= 0.6 is 23.2 Å². The first-order valence-electron chi connectivity index (χ1n) is 9.06. The molecule has 1 fully saturated rings. The van der Waals surface area contributed by atoms with Crippen molar-refractivity contribution in [2.75, 3.05) is 19.0 Å². The lowest BCUT2D eigenvalue weighted by atomic mass is 9.86. The van der Waals surface area contributed by atoms with Crippen molar-refractivity contribution in [2.45, 2.75) is 31.7 Å². The van der Waals surface area contributed by atoms with E-state index in [-0.39, 0.29) is 11.9 Å². The molecule has 0 unspecified atom stereocenters. The van der Waals surface area contributed by atoms with Crippen molar-refractivity contribution >= 4 is 34.9 Å². The van der Waals surface area contributed by atoms with E-state index < -0.39 is 0 Å². The van der Waals surface area contributed by atoms with Gasteiger partial charge in [-0.15, -0.1) is 0 Å². The Morgan fingerprint density at radius 1 is 1.19 bits per heavy atom. The zero-order valence-corrected chi connectivity index (χ0v) is 16.7. The van der Waals surface area contributed by atoms with Crippen LogP contribution in [0.1, 0.15) is 36.0 Å². The molecular formula is C20H23Cl2N3O2. The van der Waals surface area contributed by atoms with E-state index in [1.807, 2.05) is 18.2 Å². The number of pyridine rings is 1. The summed E-state index contributed by atoms with van der Waals surface area (Å²) in [6.45, 7) is 0.862. The summed E-state index contributed by atoms with van der Waals surface area (Å²) >= 11 is 12.1. The van der Waals surface area contributed by atoms with E-state index in [2.05, 4.69) is 15.6 Å². The van der Waals surface area contributed by atoms with Gasteiger partial charge in [0.15, 0.2) is 0 Å². The number of hydrogen-bond acceptors (Lipinski definition) is 4. The Labute approximate surface area is 169 Å². The smallest absolute Gasteiger partial charge is 0.253 e. The van der Waals surface area contributed by atoms with Gasteiger partial charge >= 0.3 is 0 Å². The minimum absolute atomic E-state index is 0.162. The lowest BCUT2D eigenvalue weighted by Gasteiger charge is -2.29.